The van der Waals surface area contributed by atoms with Crippen LogP contribution in [0.15, 0.2) is 91.0 Å². The summed E-state index contributed by atoms with van der Waals surface area (Å²) >= 11 is 0. The molecule has 4 heteroatoms. The van der Waals surface area contributed by atoms with Crippen molar-refractivity contribution in [2.24, 2.45) is 11.8 Å². The number of aryl methyl sites for hydroxylation is 2. The lowest BCUT2D eigenvalue weighted by Crippen LogP contribution is -2.58. The molecule has 0 spiro atoms. The number of amides is 1. The summed E-state index contributed by atoms with van der Waals surface area (Å²) in [6, 6.07) is 31.4. The number of hydrogen-bond donors (Lipinski definition) is 1. The minimum absolute atomic E-state index is 0.00370. The number of ether oxygens (including phenoxy) is 2. The number of hydrogen-bond acceptors (Lipinski definition) is 3. The minimum Gasteiger partial charge on any atom is -0.374 e. The smallest absolute Gasteiger partial charge is 0.217 e. The third-order valence-corrected chi connectivity index (χ3v) is 7.41. The van der Waals surface area contributed by atoms with E-state index < -0.39 is 0 Å². The summed E-state index contributed by atoms with van der Waals surface area (Å²) in [5, 5.41) is 3.28. The Morgan fingerprint density at radius 2 is 1.31 bits per heavy atom. The molecule has 3 aromatic carbocycles. The van der Waals surface area contributed by atoms with E-state index in [0.717, 1.165) is 25.7 Å². The molecule has 1 aliphatic rings. The van der Waals surface area contributed by atoms with Crippen LogP contribution >= 0.6 is 0 Å². The maximum Gasteiger partial charge on any atom is 0.217 e. The van der Waals surface area contributed by atoms with E-state index in [4.69, 9.17) is 9.47 Å². The first kappa shape index (κ1) is 26.1. The Labute approximate surface area is 216 Å². The second-order valence-corrected chi connectivity index (χ2v) is 10.0. The van der Waals surface area contributed by atoms with E-state index in [0.29, 0.717) is 19.1 Å². The Kier molecular flexibility index (Phi) is 9.71. The molecule has 1 saturated heterocycles. The van der Waals surface area contributed by atoms with Crippen molar-refractivity contribution in [2.45, 2.75) is 64.4 Å². The van der Waals surface area contributed by atoms with Gasteiger partial charge in [0.1, 0.15) is 0 Å². The molecule has 0 bridgehead atoms. The van der Waals surface area contributed by atoms with E-state index in [9.17, 15) is 4.79 Å². The summed E-state index contributed by atoms with van der Waals surface area (Å²) in [6.45, 7) is 5.00. The highest BCUT2D eigenvalue weighted by Crippen LogP contribution is 2.36. The van der Waals surface area contributed by atoms with Gasteiger partial charge in [0.05, 0.1) is 31.5 Å². The Balaban J connectivity index is 1.49. The summed E-state index contributed by atoms with van der Waals surface area (Å²) in [5.41, 5.74) is 3.79. The Morgan fingerprint density at radius 1 is 0.778 bits per heavy atom. The van der Waals surface area contributed by atoms with Crippen molar-refractivity contribution in [1.82, 2.24) is 5.32 Å². The van der Waals surface area contributed by atoms with Gasteiger partial charge in [-0.15, -0.1) is 0 Å². The normalized spacial score (nSPS) is 23.8. The SMILES string of the molecule is CC(=O)N[C@@H]1[C@@H](CCc2ccccc2)[C@H](C)[C@@H](COCc2ccccc2)O[C@@H]1CCc1ccccc1. The van der Waals surface area contributed by atoms with Crippen molar-refractivity contribution in [3.63, 3.8) is 0 Å². The number of carbonyl (C=O) groups excluding carboxylic acids is 1. The topological polar surface area (TPSA) is 47.6 Å². The fraction of sp³-hybridized carbons (Fsp3) is 0.406. The lowest BCUT2D eigenvalue weighted by atomic mass is 9.74. The second-order valence-electron chi connectivity index (χ2n) is 10.0. The van der Waals surface area contributed by atoms with Crippen LogP contribution in [0.1, 0.15) is 43.4 Å². The molecule has 4 nitrogen and oxygen atoms in total. The molecule has 0 aliphatic carbocycles. The van der Waals surface area contributed by atoms with Crippen LogP contribution in [0.4, 0.5) is 0 Å². The third kappa shape index (κ3) is 7.52. The van der Waals surface area contributed by atoms with Crippen molar-refractivity contribution >= 4 is 5.91 Å². The molecule has 36 heavy (non-hydrogen) atoms. The fourth-order valence-electron chi connectivity index (χ4n) is 5.43. The van der Waals surface area contributed by atoms with E-state index in [1.165, 1.54) is 16.7 Å². The maximum atomic E-state index is 12.3. The van der Waals surface area contributed by atoms with E-state index in [1.54, 1.807) is 6.92 Å². The Morgan fingerprint density at radius 3 is 1.86 bits per heavy atom. The fourth-order valence-corrected chi connectivity index (χ4v) is 5.43. The summed E-state index contributed by atoms with van der Waals surface area (Å²) in [5.74, 6) is 0.562. The first-order valence-electron chi connectivity index (χ1n) is 13.2. The molecule has 0 saturated carbocycles. The summed E-state index contributed by atoms with van der Waals surface area (Å²) < 4.78 is 12.9. The number of benzene rings is 3. The van der Waals surface area contributed by atoms with Gasteiger partial charge < -0.3 is 14.8 Å². The van der Waals surface area contributed by atoms with Gasteiger partial charge in [-0.2, -0.15) is 0 Å². The van der Waals surface area contributed by atoms with Crippen molar-refractivity contribution in [3.8, 4) is 0 Å². The maximum absolute atomic E-state index is 12.3. The van der Waals surface area contributed by atoms with Crippen molar-refractivity contribution in [3.05, 3.63) is 108 Å². The van der Waals surface area contributed by atoms with Gasteiger partial charge in [-0.25, -0.2) is 0 Å². The molecule has 1 fully saturated rings. The standard InChI is InChI=1S/C32H39NO3/c1-24-29(20-18-26-12-6-3-7-13-26)32(33-25(2)34)30(21-19-27-14-8-4-9-15-27)36-31(24)23-35-22-28-16-10-5-11-17-28/h3-17,24,29-32H,18-23H2,1-2H3,(H,33,34)/t24-,29-,30+,31+,32+/m0/s1. The highest BCUT2D eigenvalue weighted by Gasteiger charge is 2.43. The second kappa shape index (κ2) is 13.4. The van der Waals surface area contributed by atoms with Crippen LogP contribution in [-0.2, 0) is 33.7 Å². The predicted octanol–water partition coefficient (Wildman–Crippen LogP) is 5.99. The van der Waals surface area contributed by atoms with Crippen LogP contribution in [0, 0.1) is 11.8 Å². The van der Waals surface area contributed by atoms with Crippen molar-refractivity contribution in [2.75, 3.05) is 6.61 Å². The number of carbonyl (C=O) groups is 1. The molecule has 1 N–H and O–H groups in total. The van der Waals surface area contributed by atoms with Crippen LogP contribution in [0.3, 0.4) is 0 Å². The molecule has 0 unspecified atom stereocenters. The lowest BCUT2D eigenvalue weighted by Gasteiger charge is -2.47. The van der Waals surface area contributed by atoms with Gasteiger partial charge in [0.2, 0.25) is 5.91 Å². The van der Waals surface area contributed by atoms with E-state index in [2.05, 4.69) is 79.0 Å². The molecule has 1 amide bonds. The summed E-state index contributed by atoms with van der Waals surface area (Å²) in [4.78, 5) is 12.3. The van der Waals surface area contributed by atoms with Gasteiger partial charge in [-0.05, 0) is 54.2 Å². The zero-order chi connectivity index (χ0) is 25.2. The monoisotopic (exact) mass is 485 g/mol. The van der Waals surface area contributed by atoms with Crippen molar-refractivity contribution < 1.29 is 14.3 Å². The number of nitrogens with one attached hydrogen (secondary N) is 1. The molecule has 3 aromatic rings. The van der Waals surface area contributed by atoms with Gasteiger partial charge in [0.25, 0.3) is 0 Å². The van der Waals surface area contributed by atoms with Gasteiger partial charge in [0, 0.05) is 6.92 Å². The van der Waals surface area contributed by atoms with Gasteiger partial charge in [-0.3, -0.25) is 4.79 Å². The highest BCUT2D eigenvalue weighted by atomic mass is 16.5. The van der Waals surface area contributed by atoms with E-state index in [-0.39, 0.29) is 30.1 Å². The molecular weight excluding hydrogens is 446 g/mol. The van der Waals surface area contributed by atoms with E-state index in [1.807, 2.05) is 24.3 Å². The van der Waals surface area contributed by atoms with Crippen LogP contribution < -0.4 is 5.32 Å². The molecule has 4 rings (SSSR count). The largest absolute Gasteiger partial charge is 0.374 e. The molecule has 0 radical (unpaired) electrons. The predicted molar refractivity (Wildman–Crippen MR) is 145 cm³/mol. The van der Waals surface area contributed by atoms with Crippen LogP contribution in [-0.4, -0.2) is 30.8 Å². The van der Waals surface area contributed by atoms with Gasteiger partial charge in [-0.1, -0.05) is 97.9 Å². The zero-order valence-electron chi connectivity index (χ0n) is 21.5. The van der Waals surface area contributed by atoms with Crippen LogP contribution in [0.5, 0.6) is 0 Å². The first-order valence-corrected chi connectivity index (χ1v) is 13.2. The average Bonchev–Trinajstić information content (AvgIpc) is 2.90. The highest BCUT2D eigenvalue weighted by molar-refractivity contribution is 5.73. The first-order chi connectivity index (χ1) is 17.6. The average molecular weight is 486 g/mol. The van der Waals surface area contributed by atoms with Gasteiger partial charge in [0.15, 0.2) is 0 Å². The molecule has 190 valence electrons. The Bertz CT molecular complexity index is 1040. The molecule has 1 heterocycles. The summed E-state index contributed by atoms with van der Waals surface area (Å²) in [7, 11) is 0. The minimum atomic E-state index is -0.0589. The lowest BCUT2D eigenvalue weighted by molar-refractivity contribution is -0.157. The number of rotatable bonds is 11. The Hall–Kier alpha value is -2.95. The third-order valence-electron chi connectivity index (χ3n) is 7.41. The zero-order valence-corrected chi connectivity index (χ0v) is 21.5. The van der Waals surface area contributed by atoms with E-state index >= 15 is 0 Å². The summed E-state index contributed by atoms with van der Waals surface area (Å²) in [6.07, 6.45) is 3.68. The molecule has 5 atom stereocenters. The van der Waals surface area contributed by atoms with Gasteiger partial charge >= 0.3 is 0 Å². The van der Waals surface area contributed by atoms with Crippen LogP contribution in [0.25, 0.3) is 0 Å². The van der Waals surface area contributed by atoms with Crippen LogP contribution in [0.2, 0.25) is 0 Å². The quantitative estimate of drug-likeness (QED) is 0.363. The van der Waals surface area contributed by atoms with Crippen molar-refractivity contribution in [1.29, 1.82) is 0 Å². The molecular formula is C32H39NO3. The molecule has 0 aromatic heterocycles. The molecule has 1 aliphatic heterocycles.